The smallest absolute Gasteiger partial charge is 0.308 e. The Labute approximate surface area is 172 Å². The Morgan fingerprint density at radius 1 is 1.10 bits per heavy atom. The normalized spacial score (nSPS) is 15.7. The topological polar surface area (TPSA) is 92.6 Å². The van der Waals surface area contributed by atoms with Gasteiger partial charge in [-0.1, -0.05) is 11.3 Å². The minimum Gasteiger partial charge on any atom is -0.336 e. The Morgan fingerprint density at radius 3 is 2.45 bits per heavy atom. The van der Waals surface area contributed by atoms with Crippen LogP contribution < -0.4 is 4.87 Å². The van der Waals surface area contributed by atoms with E-state index in [-0.39, 0.29) is 28.8 Å². The first-order valence-corrected chi connectivity index (χ1v) is 11.5. The van der Waals surface area contributed by atoms with Crippen molar-refractivity contribution in [2.24, 2.45) is 0 Å². The maximum Gasteiger partial charge on any atom is 0.308 e. The summed E-state index contributed by atoms with van der Waals surface area (Å²) in [7, 11) is -3.70. The van der Waals surface area contributed by atoms with Crippen molar-refractivity contribution in [2.45, 2.75) is 18.4 Å². The van der Waals surface area contributed by atoms with Crippen LogP contribution in [0.25, 0.3) is 10.2 Å². The Hall–Kier alpha value is -2.56. The number of aryl methyl sites for hydroxylation is 1. The number of fused-ring (bicyclic) bond motifs is 1. The number of hydrogen-bond acceptors (Lipinski definition) is 6. The molecule has 152 valence electrons. The largest absolute Gasteiger partial charge is 0.336 e. The summed E-state index contributed by atoms with van der Waals surface area (Å²) in [5.41, 5.74) is 1.28. The molecule has 0 aliphatic carbocycles. The first-order chi connectivity index (χ1) is 13.9. The van der Waals surface area contributed by atoms with E-state index in [1.165, 1.54) is 4.31 Å². The zero-order valence-electron chi connectivity index (χ0n) is 15.8. The highest BCUT2D eigenvalue weighted by molar-refractivity contribution is 7.89. The van der Waals surface area contributed by atoms with Crippen LogP contribution in [-0.4, -0.2) is 59.3 Å². The van der Waals surface area contributed by atoms with Crippen molar-refractivity contribution in [1.82, 2.24) is 18.8 Å². The number of amides is 1. The minimum absolute atomic E-state index is 0.0970. The fraction of sp³-hybridized carbons (Fsp3) is 0.316. The molecule has 0 unspecified atom stereocenters. The lowest BCUT2D eigenvalue weighted by Gasteiger charge is -2.34. The van der Waals surface area contributed by atoms with Gasteiger partial charge in [-0.15, -0.1) is 0 Å². The van der Waals surface area contributed by atoms with Crippen molar-refractivity contribution in [3.8, 4) is 0 Å². The number of piperazine rings is 1. The Bertz CT molecular complexity index is 1210. The molecule has 0 atom stereocenters. The van der Waals surface area contributed by atoms with Crippen LogP contribution in [0.5, 0.6) is 0 Å². The van der Waals surface area contributed by atoms with Crippen LogP contribution in [-0.2, 0) is 16.6 Å². The second-order valence-electron chi connectivity index (χ2n) is 6.67. The van der Waals surface area contributed by atoms with Crippen LogP contribution in [0.2, 0.25) is 0 Å². The molecule has 1 aliphatic rings. The molecule has 0 saturated carbocycles. The van der Waals surface area contributed by atoms with Gasteiger partial charge in [0.25, 0.3) is 5.91 Å². The van der Waals surface area contributed by atoms with Crippen molar-refractivity contribution in [3.05, 3.63) is 58.0 Å². The Balaban J connectivity index is 1.52. The van der Waals surface area contributed by atoms with Crippen LogP contribution in [0.1, 0.15) is 17.3 Å². The fourth-order valence-corrected chi connectivity index (χ4v) is 5.98. The van der Waals surface area contributed by atoms with Gasteiger partial charge in [0.1, 0.15) is 0 Å². The SMILES string of the molecule is CCn1c(=O)sc2cc(S(=O)(=O)N3CCN(C(=O)c4ccncc4)CC3)ccc21. The van der Waals surface area contributed by atoms with E-state index in [2.05, 4.69) is 4.98 Å². The number of carbonyl (C=O) groups excluding carboxylic acids is 1. The average Bonchev–Trinajstić information content (AvgIpc) is 3.08. The second-order valence-corrected chi connectivity index (χ2v) is 9.61. The van der Waals surface area contributed by atoms with Crippen molar-refractivity contribution in [2.75, 3.05) is 26.2 Å². The first-order valence-electron chi connectivity index (χ1n) is 9.24. The molecule has 2 aromatic heterocycles. The maximum atomic E-state index is 13.1. The summed E-state index contributed by atoms with van der Waals surface area (Å²) < 4.78 is 29.8. The third-order valence-corrected chi connectivity index (χ3v) is 7.88. The highest BCUT2D eigenvalue weighted by atomic mass is 32.2. The van der Waals surface area contributed by atoms with Crippen LogP contribution >= 0.6 is 11.3 Å². The minimum atomic E-state index is -3.70. The summed E-state index contributed by atoms with van der Waals surface area (Å²) in [5.74, 6) is -0.128. The van der Waals surface area contributed by atoms with E-state index in [1.54, 1.807) is 52.2 Å². The highest BCUT2D eigenvalue weighted by Gasteiger charge is 2.30. The monoisotopic (exact) mass is 432 g/mol. The molecule has 0 radical (unpaired) electrons. The maximum absolute atomic E-state index is 13.1. The number of carbonyl (C=O) groups is 1. The second kappa shape index (κ2) is 7.69. The Kier molecular flexibility index (Phi) is 5.24. The van der Waals surface area contributed by atoms with Crippen LogP contribution in [0, 0.1) is 0 Å². The van der Waals surface area contributed by atoms with Crippen LogP contribution in [0.3, 0.4) is 0 Å². The number of sulfonamides is 1. The molecule has 3 aromatic rings. The first kappa shape index (κ1) is 19.7. The van der Waals surface area contributed by atoms with Crippen molar-refractivity contribution >= 4 is 37.5 Å². The lowest BCUT2D eigenvalue weighted by molar-refractivity contribution is 0.0698. The van der Waals surface area contributed by atoms with Gasteiger partial charge in [-0.2, -0.15) is 4.31 Å². The number of aromatic nitrogens is 2. The van der Waals surface area contributed by atoms with Crippen LogP contribution in [0.15, 0.2) is 52.4 Å². The molecule has 8 nitrogen and oxygen atoms in total. The molecule has 1 fully saturated rings. The number of rotatable bonds is 4. The molecule has 10 heteroatoms. The molecule has 1 amide bonds. The number of thiazole rings is 1. The lowest BCUT2D eigenvalue weighted by atomic mass is 10.2. The standard InChI is InChI=1S/C19H20N4O4S2/c1-2-23-16-4-3-15(13-17(16)28-19(23)25)29(26,27)22-11-9-21(10-12-22)18(24)14-5-7-20-8-6-14/h3-8,13H,2,9-12H2,1H3. The molecule has 1 saturated heterocycles. The lowest BCUT2D eigenvalue weighted by Crippen LogP contribution is -2.50. The van der Waals surface area contributed by atoms with E-state index in [1.807, 2.05) is 6.92 Å². The van der Waals surface area contributed by atoms with Gasteiger partial charge in [0.2, 0.25) is 10.0 Å². The van der Waals surface area contributed by atoms with E-state index in [0.29, 0.717) is 29.9 Å². The zero-order chi connectivity index (χ0) is 20.6. The highest BCUT2D eigenvalue weighted by Crippen LogP contribution is 2.25. The zero-order valence-corrected chi connectivity index (χ0v) is 17.4. The van der Waals surface area contributed by atoms with E-state index in [4.69, 9.17) is 0 Å². The van der Waals surface area contributed by atoms with Gasteiger partial charge in [0, 0.05) is 50.7 Å². The molecule has 4 rings (SSSR count). The number of hydrogen-bond donors (Lipinski definition) is 0. The summed E-state index contributed by atoms with van der Waals surface area (Å²) >= 11 is 1.05. The van der Waals surface area contributed by atoms with Gasteiger partial charge in [-0.05, 0) is 37.3 Å². The summed E-state index contributed by atoms with van der Waals surface area (Å²) in [6.07, 6.45) is 3.12. The van der Waals surface area contributed by atoms with Gasteiger partial charge in [-0.3, -0.25) is 19.1 Å². The van der Waals surface area contributed by atoms with Gasteiger partial charge < -0.3 is 4.90 Å². The van der Waals surface area contributed by atoms with E-state index in [0.717, 1.165) is 16.9 Å². The predicted molar refractivity (Wildman–Crippen MR) is 111 cm³/mol. The summed E-state index contributed by atoms with van der Waals surface area (Å²) in [5, 5.41) is 0. The molecule has 0 N–H and O–H groups in total. The van der Waals surface area contributed by atoms with E-state index < -0.39 is 10.0 Å². The van der Waals surface area contributed by atoms with Crippen molar-refractivity contribution in [3.63, 3.8) is 0 Å². The molecular weight excluding hydrogens is 412 g/mol. The quantitative estimate of drug-likeness (QED) is 0.625. The fourth-order valence-electron chi connectivity index (χ4n) is 3.46. The van der Waals surface area contributed by atoms with Gasteiger partial charge >= 0.3 is 4.87 Å². The van der Waals surface area contributed by atoms with Gasteiger partial charge in [-0.25, -0.2) is 8.42 Å². The Morgan fingerprint density at radius 2 is 1.79 bits per heavy atom. The molecule has 1 aromatic carbocycles. The molecule has 1 aliphatic heterocycles. The van der Waals surface area contributed by atoms with Crippen LogP contribution in [0.4, 0.5) is 0 Å². The summed E-state index contributed by atoms with van der Waals surface area (Å²) in [4.78, 5) is 30.2. The number of pyridine rings is 1. The number of nitrogens with zero attached hydrogens (tertiary/aromatic N) is 4. The third kappa shape index (κ3) is 3.59. The molecule has 0 spiro atoms. The van der Waals surface area contributed by atoms with E-state index >= 15 is 0 Å². The molecule has 3 heterocycles. The van der Waals surface area contributed by atoms with Crippen molar-refractivity contribution < 1.29 is 13.2 Å². The average molecular weight is 433 g/mol. The van der Waals surface area contributed by atoms with Crippen molar-refractivity contribution in [1.29, 1.82) is 0 Å². The molecular formula is C19H20N4O4S2. The number of benzene rings is 1. The summed E-state index contributed by atoms with van der Waals surface area (Å²) in [6, 6.07) is 8.10. The van der Waals surface area contributed by atoms with Gasteiger partial charge in [0.15, 0.2) is 0 Å². The summed E-state index contributed by atoms with van der Waals surface area (Å²) in [6.45, 7) is 3.51. The van der Waals surface area contributed by atoms with E-state index in [9.17, 15) is 18.0 Å². The molecule has 29 heavy (non-hydrogen) atoms. The predicted octanol–water partition coefficient (Wildman–Crippen LogP) is 1.62. The third-order valence-electron chi connectivity index (χ3n) is 5.05. The molecule has 0 bridgehead atoms. The van der Waals surface area contributed by atoms with Gasteiger partial charge in [0.05, 0.1) is 15.1 Å².